The number of aromatic amines is 1. The number of rotatable bonds is 7. The number of thioether (sulfide) groups is 1. The molecule has 0 spiro atoms. The molecule has 0 atom stereocenters. The maximum Gasteiger partial charge on any atom is 0.283 e. The molecular weight excluding hydrogens is 460 g/mol. The number of carbonyl (C=O) groups excluding carboxylic acids is 1. The van der Waals surface area contributed by atoms with Gasteiger partial charge >= 0.3 is 0 Å². The Morgan fingerprint density at radius 3 is 2.63 bits per heavy atom. The molecule has 1 aliphatic carbocycles. The van der Waals surface area contributed by atoms with Crippen LogP contribution in [0.4, 0.5) is 0 Å². The molecule has 0 saturated heterocycles. The molecule has 0 aliphatic heterocycles. The number of hydrogen-bond donors (Lipinski definition) is 2. The third kappa shape index (κ3) is 4.84. The Morgan fingerprint density at radius 1 is 1.11 bits per heavy atom. The number of nitrogens with one attached hydrogen (secondary N) is 2. The summed E-state index contributed by atoms with van der Waals surface area (Å²) in [5, 5.41) is 3.60. The number of para-hydroxylation sites is 2. The van der Waals surface area contributed by atoms with Crippen molar-refractivity contribution < 1.29 is 9.53 Å². The Morgan fingerprint density at radius 2 is 1.86 bits per heavy atom. The largest absolute Gasteiger partial charge is 0.495 e. The topological polar surface area (TPSA) is 89.0 Å². The Hall–Kier alpha value is -3.52. The number of aromatic nitrogens is 3. The van der Waals surface area contributed by atoms with E-state index in [2.05, 4.69) is 10.3 Å². The van der Waals surface area contributed by atoms with Crippen LogP contribution in [0.2, 0.25) is 0 Å². The lowest BCUT2D eigenvalue weighted by atomic mass is 9.95. The van der Waals surface area contributed by atoms with Crippen LogP contribution in [0.15, 0.2) is 70.7 Å². The zero-order chi connectivity index (χ0) is 24.2. The maximum absolute atomic E-state index is 13.7. The van der Waals surface area contributed by atoms with E-state index in [1.165, 1.54) is 22.7 Å². The molecule has 1 aliphatic rings. The summed E-state index contributed by atoms with van der Waals surface area (Å²) in [6.07, 6.45) is 7.40. The Bertz CT molecular complexity index is 1390. The highest BCUT2D eigenvalue weighted by molar-refractivity contribution is 7.99. The number of methoxy groups -OCH3 is 1. The van der Waals surface area contributed by atoms with Crippen LogP contribution in [0, 0.1) is 0 Å². The summed E-state index contributed by atoms with van der Waals surface area (Å²) in [6.45, 7) is 0. The Labute approximate surface area is 207 Å². The fourth-order valence-corrected chi connectivity index (χ4v) is 5.46. The van der Waals surface area contributed by atoms with Gasteiger partial charge in [-0.05, 0) is 30.5 Å². The van der Waals surface area contributed by atoms with E-state index >= 15 is 0 Å². The molecule has 1 amide bonds. The van der Waals surface area contributed by atoms with Crippen molar-refractivity contribution in [2.75, 3.05) is 12.9 Å². The van der Waals surface area contributed by atoms with Crippen LogP contribution in [-0.2, 0) is 4.79 Å². The Balaban J connectivity index is 1.56. The van der Waals surface area contributed by atoms with Crippen LogP contribution in [0.25, 0.3) is 27.8 Å². The van der Waals surface area contributed by atoms with Gasteiger partial charge in [0, 0.05) is 17.8 Å². The van der Waals surface area contributed by atoms with Crippen molar-refractivity contribution in [3.63, 3.8) is 0 Å². The second-order valence-corrected chi connectivity index (χ2v) is 9.63. The summed E-state index contributed by atoms with van der Waals surface area (Å²) in [6, 6.07) is 17.4. The van der Waals surface area contributed by atoms with Crippen molar-refractivity contribution in [2.24, 2.45) is 0 Å². The average Bonchev–Trinajstić information content (AvgIpc) is 3.33. The van der Waals surface area contributed by atoms with Crippen LogP contribution < -0.4 is 15.6 Å². The van der Waals surface area contributed by atoms with Gasteiger partial charge in [-0.15, -0.1) is 0 Å². The van der Waals surface area contributed by atoms with Gasteiger partial charge in [0.1, 0.15) is 16.8 Å². The number of carbonyl (C=O) groups is 1. The molecule has 180 valence electrons. The first-order valence-corrected chi connectivity index (χ1v) is 12.9. The number of H-pyrrole nitrogens is 1. The van der Waals surface area contributed by atoms with Crippen LogP contribution >= 0.6 is 11.8 Å². The lowest BCUT2D eigenvalue weighted by molar-refractivity contribution is -0.119. The maximum atomic E-state index is 13.7. The van der Waals surface area contributed by atoms with E-state index in [0.29, 0.717) is 27.6 Å². The molecule has 2 heterocycles. The number of ether oxygens (including phenoxy) is 1. The lowest BCUT2D eigenvalue weighted by Gasteiger charge is -2.22. The van der Waals surface area contributed by atoms with Gasteiger partial charge in [0.05, 0.1) is 18.6 Å². The van der Waals surface area contributed by atoms with Gasteiger partial charge in [-0.2, -0.15) is 0 Å². The average molecular weight is 489 g/mol. The number of nitrogens with zero attached hydrogens (tertiary/aromatic N) is 2. The van der Waals surface area contributed by atoms with Gasteiger partial charge in [-0.1, -0.05) is 73.5 Å². The van der Waals surface area contributed by atoms with Gasteiger partial charge < -0.3 is 15.0 Å². The van der Waals surface area contributed by atoms with Gasteiger partial charge in [0.25, 0.3) is 5.56 Å². The summed E-state index contributed by atoms with van der Waals surface area (Å²) in [4.78, 5) is 34.5. The van der Waals surface area contributed by atoms with Gasteiger partial charge in [0.2, 0.25) is 5.91 Å². The first-order valence-electron chi connectivity index (χ1n) is 11.9. The number of fused-ring (bicyclic) bond motifs is 1. The minimum atomic E-state index is -0.239. The normalized spacial score (nSPS) is 14.2. The summed E-state index contributed by atoms with van der Waals surface area (Å²) in [7, 11) is 1.57. The van der Waals surface area contributed by atoms with Crippen LogP contribution in [0.3, 0.4) is 0 Å². The smallest absolute Gasteiger partial charge is 0.283 e. The van der Waals surface area contributed by atoms with Crippen molar-refractivity contribution in [3.8, 4) is 22.6 Å². The van der Waals surface area contributed by atoms with Crippen LogP contribution in [0.1, 0.15) is 32.1 Å². The van der Waals surface area contributed by atoms with Crippen LogP contribution in [0.5, 0.6) is 5.75 Å². The summed E-state index contributed by atoms with van der Waals surface area (Å²) >= 11 is 1.26. The van der Waals surface area contributed by atoms with Crippen molar-refractivity contribution >= 4 is 28.7 Å². The molecule has 0 unspecified atom stereocenters. The van der Waals surface area contributed by atoms with E-state index in [1.54, 1.807) is 13.2 Å². The standard InChI is InChI=1S/C27H28N4O3S/c1-34-22-15-9-8-14-21(22)31-26(33)25-24(20(16-28-25)18-10-4-2-5-11-18)30-27(31)35-17-23(32)29-19-12-6-3-7-13-19/h2,4-5,8-11,14-16,19,28H,3,6-7,12-13,17H2,1H3,(H,29,32). The lowest BCUT2D eigenvalue weighted by Crippen LogP contribution is -2.37. The van der Waals surface area contributed by atoms with Crippen molar-refractivity contribution in [3.05, 3.63) is 71.1 Å². The van der Waals surface area contributed by atoms with Crippen molar-refractivity contribution in [1.82, 2.24) is 19.9 Å². The fraction of sp³-hybridized carbons (Fsp3) is 0.296. The van der Waals surface area contributed by atoms with Crippen LogP contribution in [-0.4, -0.2) is 39.3 Å². The third-order valence-corrected chi connectivity index (χ3v) is 7.32. The predicted octanol–water partition coefficient (Wildman–Crippen LogP) is 4.93. The van der Waals surface area contributed by atoms with E-state index < -0.39 is 0 Å². The fourth-order valence-electron chi connectivity index (χ4n) is 4.65. The predicted molar refractivity (Wildman–Crippen MR) is 139 cm³/mol. The zero-order valence-electron chi connectivity index (χ0n) is 19.6. The molecule has 5 rings (SSSR count). The molecule has 4 aromatic rings. The summed E-state index contributed by atoms with van der Waals surface area (Å²) in [5.41, 5.74) is 3.15. The molecule has 0 bridgehead atoms. The molecule has 35 heavy (non-hydrogen) atoms. The highest BCUT2D eigenvalue weighted by Crippen LogP contribution is 2.31. The molecule has 0 radical (unpaired) electrons. The molecule has 2 N–H and O–H groups in total. The highest BCUT2D eigenvalue weighted by atomic mass is 32.2. The number of benzene rings is 2. The molecule has 2 aromatic heterocycles. The summed E-state index contributed by atoms with van der Waals surface area (Å²) in [5.74, 6) is 0.688. The number of amides is 1. The second-order valence-electron chi connectivity index (χ2n) is 8.69. The zero-order valence-corrected chi connectivity index (χ0v) is 20.4. The van der Waals surface area contributed by atoms with Gasteiger partial charge in [-0.3, -0.25) is 9.59 Å². The summed E-state index contributed by atoms with van der Waals surface area (Å²) < 4.78 is 7.07. The van der Waals surface area contributed by atoms with Gasteiger partial charge in [0.15, 0.2) is 5.16 Å². The second kappa shape index (κ2) is 10.4. The van der Waals surface area contributed by atoms with E-state index in [0.717, 1.165) is 36.8 Å². The molecule has 7 nitrogen and oxygen atoms in total. The van der Waals surface area contributed by atoms with E-state index in [9.17, 15) is 9.59 Å². The quantitative estimate of drug-likeness (QED) is 0.284. The van der Waals surface area contributed by atoms with E-state index in [-0.39, 0.29) is 23.3 Å². The minimum Gasteiger partial charge on any atom is -0.495 e. The SMILES string of the molecule is COc1ccccc1-n1c(SCC(=O)NC2CCCCC2)nc2c(-c3ccccc3)c[nH]c2c1=O. The first-order chi connectivity index (χ1) is 17.2. The van der Waals surface area contributed by atoms with E-state index in [1.807, 2.05) is 54.7 Å². The van der Waals surface area contributed by atoms with Gasteiger partial charge in [-0.25, -0.2) is 9.55 Å². The van der Waals surface area contributed by atoms with Crippen molar-refractivity contribution in [2.45, 2.75) is 43.3 Å². The monoisotopic (exact) mass is 488 g/mol. The minimum absolute atomic E-state index is 0.0415. The molecule has 1 fully saturated rings. The molecular formula is C27H28N4O3S. The highest BCUT2D eigenvalue weighted by Gasteiger charge is 2.21. The van der Waals surface area contributed by atoms with E-state index in [4.69, 9.17) is 9.72 Å². The first kappa shape index (κ1) is 23.2. The Kier molecular flexibility index (Phi) is 6.90. The molecule has 8 heteroatoms. The third-order valence-electron chi connectivity index (χ3n) is 6.38. The molecule has 2 aromatic carbocycles. The molecule has 1 saturated carbocycles. The van der Waals surface area contributed by atoms with Crippen molar-refractivity contribution in [1.29, 1.82) is 0 Å². The number of hydrogen-bond acceptors (Lipinski definition) is 5.